The highest BCUT2D eigenvalue weighted by atomic mass is 35.5. The second-order valence-corrected chi connectivity index (χ2v) is 9.02. The minimum atomic E-state index is -0.264. The van der Waals surface area contributed by atoms with Crippen LogP contribution in [0.15, 0.2) is 85.7 Å². The Balaban J connectivity index is 1.29. The molecule has 0 radical (unpaired) electrons. The Hall–Kier alpha value is -4.21. The number of para-hydroxylation sites is 3. The quantitative estimate of drug-likeness (QED) is 0.238. The Bertz CT molecular complexity index is 1450. The molecular formula is C25H20ClN7OS. The maximum absolute atomic E-state index is 12.8. The number of hydrogen-bond acceptors (Lipinski definition) is 7. The minimum absolute atomic E-state index is 0.264. The maximum atomic E-state index is 12.8. The highest BCUT2D eigenvalue weighted by Crippen LogP contribution is 2.31. The number of benzene rings is 2. The molecule has 1 amide bonds. The molecule has 10 heteroatoms. The third-order valence-corrected chi connectivity index (χ3v) is 6.40. The van der Waals surface area contributed by atoms with E-state index in [2.05, 4.69) is 30.9 Å². The van der Waals surface area contributed by atoms with Gasteiger partial charge >= 0.3 is 0 Å². The summed E-state index contributed by atoms with van der Waals surface area (Å²) in [6, 6.07) is 17.1. The van der Waals surface area contributed by atoms with Crippen LogP contribution in [-0.2, 0) is 0 Å². The number of aromatic nitrogens is 4. The van der Waals surface area contributed by atoms with E-state index in [4.69, 9.17) is 11.6 Å². The molecule has 0 saturated heterocycles. The average Bonchev–Trinajstić information content (AvgIpc) is 3.56. The summed E-state index contributed by atoms with van der Waals surface area (Å²) in [6.45, 7) is 1.89. The molecule has 0 atom stereocenters. The third kappa shape index (κ3) is 5.16. The van der Waals surface area contributed by atoms with Crippen LogP contribution < -0.4 is 16.0 Å². The van der Waals surface area contributed by atoms with Gasteiger partial charge in [-0.3, -0.25) is 4.79 Å². The fraction of sp³-hybridized carbons (Fsp3) is 0.0400. The van der Waals surface area contributed by atoms with E-state index in [-0.39, 0.29) is 5.91 Å². The predicted octanol–water partition coefficient (Wildman–Crippen LogP) is 6.43. The fourth-order valence-electron chi connectivity index (χ4n) is 3.38. The molecule has 0 aliphatic carbocycles. The van der Waals surface area contributed by atoms with Crippen LogP contribution in [0.25, 0.3) is 5.69 Å². The molecule has 0 bridgehead atoms. The number of anilines is 5. The second-order valence-electron chi connectivity index (χ2n) is 7.58. The zero-order valence-corrected chi connectivity index (χ0v) is 20.1. The van der Waals surface area contributed by atoms with Crippen LogP contribution in [0.2, 0.25) is 5.02 Å². The standard InChI is InChI=1S/C25H20ClN7OS/c1-16-5-4-6-18(26)23(16)32-24(34)21-14-29-25(35-21)31-20-8-3-2-7-19(20)30-22-10-9-17(13-28-22)33-12-11-27-15-33/h2-15H,1H3,(H,28,30)(H,29,31)(H,32,34). The van der Waals surface area contributed by atoms with Crippen LogP contribution in [0.5, 0.6) is 0 Å². The van der Waals surface area contributed by atoms with E-state index in [0.29, 0.717) is 26.5 Å². The molecule has 35 heavy (non-hydrogen) atoms. The van der Waals surface area contributed by atoms with Gasteiger partial charge in [-0.05, 0) is 42.8 Å². The zero-order chi connectivity index (χ0) is 24.2. The summed E-state index contributed by atoms with van der Waals surface area (Å²) in [6.07, 6.45) is 8.62. The molecule has 0 aliphatic heterocycles. The van der Waals surface area contributed by atoms with Gasteiger partial charge in [0.2, 0.25) is 0 Å². The molecule has 0 saturated carbocycles. The zero-order valence-electron chi connectivity index (χ0n) is 18.6. The summed E-state index contributed by atoms with van der Waals surface area (Å²) in [7, 11) is 0. The van der Waals surface area contributed by atoms with Crippen molar-refractivity contribution in [3.63, 3.8) is 0 Å². The number of nitrogens with zero attached hydrogens (tertiary/aromatic N) is 4. The number of halogens is 1. The molecule has 8 nitrogen and oxygen atoms in total. The number of aryl methyl sites for hydroxylation is 1. The van der Waals surface area contributed by atoms with Gasteiger partial charge in [0.15, 0.2) is 5.13 Å². The summed E-state index contributed by atoms with van der Waals surface area (Å²) in [4.78, 5) is 26.1. The van der Waals surface area contributed by atoms with Gasteiger partial charge in [0.1, 0.15) is 10.7 Å². The van der Waals surface area contributed by atoms with Crippen LogP contribution in [0.1, 0.15) is 15.2 Å². The van der Waals surface area contributed by atoms with Crippen LogP contribution in [0.3, 0.4) is 0 Å². The Morgan fingerprint density at radius 3 is 2.51 bits per heavy atom. The molecule has 174 valence electrons. The van der Waals surface area contributed by atoms with Crippen LogP contribution >= 0.6 is 22.9 Å². The third-order valence-electron chi connectivity index (χ3n) is 5.17. The molecule has 3 heterocycles. The van der Waals surface area contributed by atoms with Gasteiger partial charge < -0.3 is 20.5 Å². The highest BCUT2D eigenvalue weighted by molar-refractivity contribution is 7.17. The first-order valence-corrected chi connectivity index (χ1v) is 11.9. The van der Waals surface area contributed by atoms with E-state index in [1.54, 1.807) is 31.0 Å². The number of carbonyl (C=O) groups is 1. The summed E-state index contributed by atoms with van der Waals surface area (Å²) in [5.74, 6) is 0.428. The normalized spacial score (nSPS) is 10.7. The van der Waals surface area contributed by atoms with E-state index >= 15 is 0 Å². The first-order valence-electron chi connectivity index (χ1n) is 10.7. The van der Waals surface area contributed by atoms with Crippen molar-refractivity contribution in [2.24, 2.45) is 0 Å². The second kappa shape index (κ2) is 9.96. The van der Waals surface area contributed by atoms with Crippen molar-refractivity contribution >= 4 is 56.9 Å². The van der Waals surface area contributed by atoms with E-state index < -0.39 is 0 Å². The van der Waals surface area contributed by atoms with Crippen molar-refractivity contribution in [2.45, 2.75) is 6.92 Å². The van der Waals surface area contributed by atoms with Crippen LogP contribution in [0, 0.1) is 6.92 Å². The smallest absolute Gasteiger partial charge is 0.267 e. The van der Waals surface area contributed by atoms with Crippen LogP contribution in [0.4, 0.5) is 28.0 Å². The van der Waals surface area contributed by atoms with E-state index in [1.807, 2.05) is 66.2 Å². The van der Waals surface area contributed by atoms with Gasteiger partial charge in [0, 0.05) is 12.4 Å². The van der Waals surface area contributed by atoms with Gasteiger partial charge in [-0.15, -0.1) is 0 Å². The van der Waals surface area contributed by atoms with Crippen molar-refractivity contribution in [1.29, 1.82) is 0 Å². The molecule has 3 N–H and O–H groups in total. The number of nitrogens with one attached hydrogen (secondary N) is 3. The molecule has 0 spiro atoms. The van der Waals surface area contributed by atoms with Gasteiger partial charge in [-0.1, -0.05) is 47.2 Å². The van der Waals surface area contributed by atoms with Crippen LogP contribution in [-0.4, -0.2) is 25.4 Å². The van der Waals surface area contributed by atoms with Crippen molar-refractivity contribution < 1.29 is 4.79 Å². The topological polar surface area (TPSA) is 96.8 Å². The summed E-state index contributed by atoms with van der Waals surface area (Å²) >= 11 is 7.49. The Morgan fingerprint density at radius 1 is 0.971 bits per heavy atom. The van der Waals surface area contributed by atoms with Gasteiger partial charge in [-0.2, -0.15) is 0 Å². The largest absolute Gasteiger partial charge is 0.339 e. The number of thiazole rings is 1. The molecule has 2 aromatic carbocycles. The lowest BCUT2D eigenvalue weighted by Crippen LogP contribution is -2.11. The minimum Gasteiger partial charge on any atom is -0.339 e. The van der Waals surface area contributed by atoms with Crippen molar-refractivity contribution in [3.05, 3.63) is 101 Å². The van der Waals surface area contributed by atoms with E-state index in [1.165, 1.54) is 11.3 Å². The number of carbonyl (C=O) groups excluding carboxylic acids is 1. The van der Waals surface area contributed by atoms with Crippen molar-refractivity contribution in [3.8, 4) is 5.69 Å². The van der Waals surface area contributed by atoms with Gasteiger partial charge in [0.05, 0.1) is 46.5 Å². The lowest BCUT2D eigenvalue weighted by atomic mass is 10.2. The fourth-order valence-corrected chi connectivity index (χ4v) is 4.37. The molecule has 0 aliphatic rings. The van der Waals surface area contributed by atoms with Crippen molar-refractivity contribution in [1.82, 2.24) is 19.5 Å². The first kappa shape index (κ1) is 22.6. The predicted molar refractivity (Wildman–Crippen MR) is 141 cm³/mol. The van der Waals surface area contributed by atoms with E-state index in [9.17, 15) is 4.79 Å². The maximum Gasteiger partial charge on any atom is 0.267 e. The molecule has 0 unspecified atom stereocenters. The van der Waals surface area contributed by atoms with Crippen molar-refractivity contribution in [2.75, 3.05) is 16.0 Å². The average molecular weight is 502 g/mol. The molecule has 3 aromatic heterocycles. The lowest BCUT2D eigenvalue weighted by molar-refractivity contribution is 0.103. The highest BCUT2D eigenvalue weighted by Gasteiger charge is 2.15. The number of amides is 1. The van der Waals surface area contributed by atoms with Gasteiger partial charge in [-0.25, -0.2) is 15.0 Å². The molecule has 0 fully saturated rings. The Morgan fingerprint density at radius 2 is 1.80 bits per heavy atom. The summed E-state index contributed by atoms with van der Waals surface area (Å²) in [5.41, 5.74) is 4.03. The van der Waals surface area contributed by atoms with Gasteiger partial charge in [0.25, 0.3) is 5.91 Å². The number of imidazole rings is 1. The monoisotopic (exact) mass is 501 g/mol. The Labute approximate surface area is 210 Å². The summed E-state index contributed by atoms with van der Waals surface area (Å²) < 4.78 is 1.88. The number of pyridine rings is 1. The SMILES string of the molecule is Cc1cccc(Cl)c1NC(=O)c1cnc(Nc2ccccc2Nc2ccc(-n3ccnc3)cn2)s1. The van der Waals surface area contributed by atoms with E-state index in [0.717, 1.165) is 22.6 Å². The first-order chi connectivity index (χ1) is 17.1. The lowest BCUT2D eigenvalue weighted by Gasteiger charge is -2.12. The number of hydrogen-bond donors (Lipinski definition) is 3. The molecule has 5 rings (SSSR count). The number of rotatable bonds is 7. The Kier molecular flexibility index (Phi) is 6.42. The molecule has 5 aromatic rings. The molecular weight excluding hydrogens is 482 g/mol. The summed E-state index contributed by atoms with van der Waals surface area (Å²) in [5, 5.41) is 10.6.